The number of halogens is 2. The average molecular weight is 453 g/mol. The van der Waals surface area contributed by atoms with E-state index in [1.807, 2.05) is 4.98 Å². The molecule has 2 N–H and O–H groups in total. The quantitative estimate of drug-likeness (QED) is 0.623. The van der Waals surface area contributed by atoms with Gasteiger partial charge in [0.15, 0.2) is 0 Å². The van der Waals surface area contributed by atoms with Gasteiger partial charge in [0, 0.05) is 31.2 Å². The van der Waals surface area contributed by atoms with Gasteiger partial charge in [0.05, 0.1) is 11.4 Å². The van der Waals surface area contributed by atoms with Gasteiger partial charge in [-0.3, -0.25) is 19.4 Å². The lowest BCUT2D eigenvalue weighted by Gasteiger charge is -2.28. The first-order valence-electron chi connectivity index (χ1n) is 9.75. The van der Waals surface area contributed by atoms with Crippen molar-refractivity contribution in [2.45, 2.75) is 12.3 Å². The number of rotatable bonds is 4. The van der Waals surface area contributed by atoms with Crippen molar-refractivity contribution >= 4 is 17.5 Å². The summed E-state index contributed by atoms with van der Waals surface area (Å²) in [7, 11) is 1.49. The number of carbonyl (C=O) groups is 2. The first-order chi connectivity index (χ1) is 15.7. The third-order valence-corrected chi connectivity index (χ3v) is 5.17. The summed E-state index contributed by atoms with van der Waals surface area (Å²) in [5, 5.41) is 6.16. The predicted octanol–water partition coefficient (Wildman–Crippen LogP) is 1.67. The number of aromatic nitrogens is 3. The molecule has 0 radical (unpaired) electrons. The Morgan fingerprint density at radius 2 is 1.85 bits per heavy atom. The summed E-state index contributed by atoms with van der Waals surface area (Å²) in [5.41, 5.74) is -0.937. The van der Waals surface area contributed by atoms with Gasteiger partial charge in [-0.05, 0) is 35.9 Å². The van der Waals surface area contributed by atoms with Gasteiger partial charge in [0.2, 0.25) is 5.91 Å². The van der Waals surface area contributed by atoms with Crippen LogP contribution in [0.25, 0.3) is 5.69 Å². The highest BCUT2D eigenvalue weighted by molar-refractivity contribution is 6.06. The number of anilines is 1. The van der Waals surface area contributed by atoms with Crippen molar-refractivity contribution in [2.75, 3.05) is 12.4 Å². The third-order valence-electron chi connectivity index (χ3n) is 5.17. The minimum Gasteiger partial charge on any atom is -0.322 e. The molecule has 1 atom stereocenters. The van der Waals surface area contributed by atoms with Crippen LogP contribution in [0.4, 0.5) is 14.5 Å². The Kier molecular flexibility index (Phi) is 5.69. The monoisotopic (exact) mass is 453 g/mol. The zero-order chi connectivity index (χ0) is 23.7. The van der Waals surface area contributed by atoms with E-state index in [1.54, 1.807) is 0 Å². The van der Waals surface area contributed by atoms with Crippen LogP contribution in [-0.4, -0.2) is 38.5 Å². The maximum atomic E-state index is 14.5. The predicted molar refractivity (Wildman–Crippen MR) is 114 cm³/mol. The number of H-pyrrole nitrogens is 1. The van der Waals surface area contributed by atoms with Crippen LogP contribution in [0.5, 0.6) is 0 Å². The second kappa shape index (κ2) is 8.61. The van der Waals surface area contributed by atoms with Crippen LogP contribution in [-0.2, 0) is 9.59 Å². The Labute approximate surface area is 185 Å². The highest BCUT2D eigenvalue weighted by atomic mass is 19.1. The maximum absolute atomic E-state index is 14.5. The Bertz CT molecular complexity index is 1390. The van der Waals surface area contributed by atoms with Crippen molar-refractivity contribution in [3.63, 3.8) is 0 Å². The Balaban J connectivity index is 1.68. The molecule has 33 heavy (non-hydrogen) atoms. The molecule has 3 aromatic rings. The fourth-order valence-corrected chi connectivity index (χ4v) is 3.48. The largest absolute Gasteiger partial charge is 0.349 e. The number of amides is 2. The van der Waals surface area contributed by atoms with Crippen molar-refractivity contribution in [1.29, 1.82) is 0 Å². The van der Waals surface area contributed by atoms with E-state index < -0.39 is 34.7 Å². The average Bonchev–Trinajstić information content (AvgIpc) is 2.77. The molecule has 0 spiro atoms. The summed E-state index contributed by atoms with van der Waals surface area (Å²) < 4.78 is 28.7. The molecule has 0 fully saturated rings. The first kappa shape index (κ1) is 21.8. The molecule has 2 aromatic carbocycles. The minimum atomic E-state index is -0.835. The lowest BCUT2D eigenvalue weighted by molar-refractivity contribution is -0.128. The Hall–Kier alpha value is -4.41. The molecular weight excluding hydrogens is 436 g/mol. The smallest absolute Gasteiger partial charge is 0.322 e. The topological polar surface area (TPSA) is 117 Å². The van der Waals surface area contributed by atoms with E-state index in [9.17, 15) is 28.0 Å². The number of carbonyl (C=O) groups excluding carboxylic acids is 2. The molecule has 0 unspecified atom stereocenters. The van der Waals surface area contributed by atoms with Crippen molar-refractivity contribution in [3.05, 3.63) is 98.5 Å². The molecule has 0 aliphatic carbocycles. The van der Waals surface area contributed by atoms with Crippen LogP contribution < -0.4 is 16.6 Å². The van der Waals surface area contributed by atoms with Crippen LogP contribution in [0.2, 0.25) is 0 Å². The summed E-state index contributed by atoms with van der Waals surface area (Å²) in [5.74, 6) is -2.81. The summed E-state index contributed by atoms with van der Waals surface area (Å²) in [6.07, 6.45) is 2.21. The molecular formula is C22H17F2N5O4. The van der Waals surface area contributed by atoms with Gasteiger partial charge in [-0.1, -0.05) is 12.1 Å². The Morgan fingerprint density at radius 1 is 1.12 bits per heavy atom. The van der Waals surface area contributed by atoms with Crippen molar-refractivity contribution in [2.24, 2.45) is 0 Å². The van der Waals surface area contributed by atoms with Crippen LogP contribution >= 0.6 is 0 Å². The van der Waals surface area contributed by atoms with E-state index >= 15 is 0 Å². The highest BCUT2D eigenvalue weighted by Gasteiger charge is 2.31. The SMILES string of the molecule is CN1C=C(C(=O)Nc2cc(-n3ncc(=O)[nH]c3=O)ccc2F)[C@H](c2ccc(F)cc2)CC1=O. The summed E-state index contributed by atoms with van der Waals surface area (Å²) >= 11 is 0. The standard InChI is InChI=1S/C22H17F2N5O4/c1-28-11-16(15(9-20(28)31)12-2-4-13(23)5-3-12)21(32)26-18-8-14(6-7-17(18)24)29-22(33)27-19(30)10-25-29/h2-8,10-11,15H,9H2,1H3,(H,26,32)(H,27,30,33)/t15-/m0/s1. The zero-order valence-electron chi connectivity index (χ0n) is 17.2. The molecule has 0 saturated carbocycles. The number of hydrogen-bond donors (Lipinski definition) is 2. The van der Waals surface area contributed by atoms with E-state index in [1.165, 1.54) is 54.5 Å². The zero-order valence-corrected chi connectivity index (χ0v) is 17.2. The summed E-state index contributed by atoms with van der Waals surface area (Å²) in [4.78, 5) is 51.8. The number of benzene rings is 2. The molecule has 4 rings (SSSR count). The fraction of sp³-hybridized carbons (Fsp3) is 0.136. The molecule has 1 aliphatic rings. The van der Waals surface area contributed by atoms with Crippen molar-refractivity contribution in [1.82, 2.24) is 19.7 Å². The summed E-state index contributed by atoms with van der Waals surface area (Å²) in [6.45, 7) is 0. The normalized spacial score (nSPS) is 15.8. The molecule has 1 aromatic heterocycles. The van der Waals surface area contributed by atoms with E-state index in [2.05, 4.69) is 10.4 Å². The molecule has 9 nitrogen and oxygen atoms in total. The number of nitrogens with zero attached hydrogens (tertiary/aromatic N) is 3. The van der Waals surface area contributed by atoms with E-state index in [4.69, 9.17) is 0 Å². The van der Waals surface area contributed by atoms with Crippen molar-refractivity contribution < 1.29 is 18.4 Å². The molecule has 2 heterocycles. The second-order valence-electron chi connectivity index (χ2n) is 7.37. The molecule has 0 saturated heterocycles. The van der Waals surface area contributed by atoms with Crippen molar-refractivity contribution in [3.8, 4) is 5.69 Å². The molecule has 11 heteroatoms. The third kappa shape index (κ3) is 4.47. The van der Waals surface area contributed by atoms with Crippen LogP contribution in [0, 0.1) is 11.6 Å². The van der Waals surface area contributed by atoms with E-state index in [-0.39, 0.29) is 29.3 Å². The van der Waals surface area contributed by atoms with E-state index in [0.29, 0.717) is 5.56 Å². The first-order valence-corrected chi connectivity index (χ1v) is 9.75. The van der Waals surface area contributed by atoms with Gasteiger partial charge in [0.25, 0.3) is 11.5 Å². The van der Waals surface area contributed by atoms with Gasteiger partial charge in [-0.15, -0.1) is 0 Å². The molecule has 0 bridgehead atoms. The lowest BCUT2D eigenvalue weighted by atomic mass is 9.85. The van der Waals surface area contributed by atoms with Crippen LogP contribution in [0.1, 0.15) is 17.9 Å². The summed E-state index contributed by atoms with van der Waals surface area (Å²) in [6, 6.07) is 8.89. The fourth-order valence-electron chi connectivity index (χ4n) is 3.48. The van der Waals surface area contributed by atoms with Gasteiger partial charge in [-0.2, -0.15) is 9.78 Å². The van der Waals surface area contributed by atoms with Gasteiger partial charge >= 0.3 is 5.69 Å². The highest BCUT2D eigenvalue weighted by Crippen LogP contribution is 2.33. The molecule has 2 amide bonds. The number of hydrogen-bond acceptors (Lipinski definition) is 5. The van der Waals surface area contributed by atoms with Gasteiger partial charge < -0.3 is 10.2 Å². The van der Waals surface area contributed by atoms with Gasteiger partial charge in [-0.25, -0.2) is 13.6 Å². The lowest BCUT2D eigenvalue weighted by Crippen LogP contribution is -2.33. The minimum absolute atomic E-state index is 0.0272. The van der Waals surface area contributed by atoms with E-state index in [0.717, 1.165) is 16.9 Å². The van der Waals surface area contributed by atoms with Crippen LogP contribution in [0.15, 0.2) is 70.0 Å². The molecule has 168 valence electrons. The second-order valence-corrected chi connectivity index (χ2v) is 7.37. The Morgan fingerprint density at radius 3 is 2.55 bits per heavy atom. The van der Waals surface area contributed by atoms with Gasteiger partial charge in [0.1, 0.15) is 17.8 Å². The number of aromatic amines is 1. The maximum Gasteiger partial charge on any atom is 0.349 e. The van der Waals surface area contributed by atoms with Crippen LogP contribution in [0.3, 0.4) is 0 Å². The number of nitrogens with one attached hydrogen (secondary N) is 2. The molecule has 1 aliphatic heterocycles.